The van der Waals surface area contributed by atoms with Crippen LogP contribution in [0, 0.1) is 0 Å². The highest BCUT2D eigenvalue weighted by Crippen LogP contribution is 1.98. The molecule has 2 rings (SSSR count). The van der Waals surface area contributed by atoms with Gasteiger partial charge in [-0.05, 0) is 12.1 Å². The van der Waals surface area contributed by atoms with Crippen molar-refractivity contribution >= 4 is 25.2 Å². The zero-order chi connectivity index (χ0) is 10.6. The number of nitrogens with one attached hydrogen (secondary N) is 2. The standard InChI is InChI=1S/2C3H4N2.BrH.HO3P/c2*1-2-4-5-3-1;;1-4(2)3/h2*1-3H,(H,4,5);1H;(H-,1,2,3)/p+1. The quantitative estimate of drug-likeness (QED) is 0.542. The van der Waals surface area contributed by atoms with Crippen LogP contribution in [0.5, 0.6) is 0 Å². The van der Waals surface area contributed by atoms with E-state index in [1.54, 1.807) is 24.8 Å². The van der Waals surface area contributed by atoms with E-state index in [0.717, 1.165) is 0 Å². The van der Waals surface area contributed by atoms with Gasteiger partial charge >= 0.3 is 8.25 Å². The molecule has 0 radical (unpaired) electrons. The molecule has 9 heteroatoms. The van der Waals surface area contributed by atoms with Crippen LogP contribution in [0.3, 0.4) is 0 Å². The van der Waals surface area contributed by atoms with Gasteiger partial charge in [-0.2, -0.15) is 10.2 Å². The summed E-state index contributed by atoms with van der Waals surface area (Å²) in [5, 5.41) is 12.4. The van der Waals surface area contributed by atoms with E-state index in [4.69, 9.17) is 14.4 Å². The molecule has 2 heterocycles. The van der Waals surface area contributed by atoms with Crippen molar-refractivity contribution in [2.24, 2.45) is 0 Å². The number of hydrogen-bond acceptors (Lipinski definition) is 3. The second kappa shape index (κ2) is 12.9. The van der Waals surface area contributed by atoms with Crippen molar-refractivity contribution < 1.29 is 14.4 Å². The molecule has 15 heavy (non-hydrogen) atoms. The number of hydrogen-bond donors (Lipinski definition) is 4. The normalized spacial score (nSPS) is 7.07. The highest BCUT2D eigenvalue weighted by Gasteiger charge is 1.93. The first-order chi connectivity index (χ1) is 6.73. The van der Waals surface area contributed by atoms with Crippen molar-refractivity contribution in [1.29, 1.82) is 0 Å². The molecule has 2 aromatic rings. The summed E-state index contributed by atoms with van der Waals surface area (Å²) < 4.78 is 8.70. The second-order valence-electron chi connectivity index (χ2n) is 1.79. The molecular weight excluding hydrogens is 287 g/mol. The fraction of sp³-hybridized carbons (Fsp3) is 0. The minimum Gasteiger partial charge on any atom is -0.286 e. The topological polar surface area (TPSA) is 115 Å². The largest absolute Gasteiger partial charge is 0.692 e. The maximum atomic E-state index is 8.70. The van der Waals surface area contributed by atoms with E-state index in [-0.39, 0.29) is 17.0 Å². The van der Waals surface area contributed by atoms with Gasteiger partial charge in [0.05, 0.1) is 0 Å². The summed E-state index contributed by atoms with van der Waals surface area (Å²) >= 11 is 0. The van der Waals surface area contributed by atoms with Crippen LogP contribution in [0.2, 0.25) is 0 Å². The lowest BCUT2D eigenvalue weighted by atomic mass is 10.8. The third-order valence-electron chi connectivity index (χ3n) is 0.812. The predicted octanol–water partition coefficient (Wildman–Crippen LogP) is 1.03. The number of H-pyrrole nitrogens is 2. The average Bonchev–Trinajstić information content (AvgIpc) is 2.83. The first-order valence-electron chi connectivity index (χ1n) is 3.46. The molecule has 0 unspecified atom stereocenters. The summed E-state index contributed by atoms with van der Waals surface area (Å²) in [7, 11) is -2.87. The summed E-state index contributed by atoms with van der Waals surface area (Å²) in [6, 6.07) is 3.67. The van der Waals surface area contributed by atoms with Gasteiger partial charge in [0.15, 0.2) is 0 Å². The van der Waals surface area contributed by atoms with Crippen molar-refractivity contribution in [3.8, 4) is 0 Å². The zero-order valence-electron chi connectivity index (χ0n) is 7.52. The smallest absolute Gasteiger partial charge is 0.286 e. The van der Waals surface area contributed by atoms with Gasteiger partial charge in [-0.3, -0.25) is 10.2 Å². The lowest BCUT2D eigenvalue weighted by molar-refractivity contribution is 0.405. The number of aromatic nitrogens is 4. The Morgan fingerprint density at radius 3 is 1.40 bits per heavy atom. The number of aromatic amines is 2. The fourth-order valence-corrected chi connectivity index (χ4v) is 0.430. The number of nitrogens with zero attached hydrogens (tertiary/aromatic N) is 2. The van der Waals surface area contributed by atoms with Gasteiger partial charge in [-0.25, -0.2) is 0 Å². The molecule has 2 aromatic heterocycles. The summed E-state index contributed by atoms with van der Waals surface area (Å²) in [4.78, 5) is 14.2. The van der Waals surface area contributed by atoms with Gasteiger partial charge in [0.1, 0.15) is 0 Å². The van der Waals surface area contributed by atoms with E-state index >= 15 is 0 Å². The third kappa shape index (κ3) is 19.4. The Bertz CT molecular complexity index is 237. The van der Waals surface area contributed by atoms with Crippen LogP contribution in [0.25, 0.3) is 0 Å². The van der Waals surface area contributed by atoms with Crippen molar-refractivity contribution in [3.63, 3.8) is 0 Å². The molecule has 0 bridgehead atoms. The Labute approximate surface area is 97.3 Å². The van der Waals surface area contributed by atoms with Crippen LogP contribution < -0.4 is 0 Å². The van der Waals surface area contributed by atoms with Crippen LogP contribution in [0.4, 0.5) is 0 Å². The summed E-state index contributed by atoms with van der Waals surface area (Å²) in [6.45, 7) is 0. The fourth-order valence-electron chi connectivity index (χ4n) is 0.430. The minimum atomic E-state index is -2.87. The molecule has 4 N–H and O–H groups in total. The van der Waals surface area contributed by atoms with Crippen LogP contribution in [-0.2, 0) is 4.57 Å². The van der Waals surface area contributed by atoms with Gasteiger partial charge in [0.2, 0.25) is 0 Å². The highest BCUT2D eigenvalue weighted by atomic mass is 79.9. The minimum absolute atomic E-state index is 0. The van der Waals surface area contributed by atoms with Crippen LogP contribution >= 0.6 is 25.2 Å². The van der Waals surface area contributed by atoms with Gasteiger partial charge in [0.25, 0.3) is 0 Å². The Hall–Kier alpha value is -1.08. The van der Waals surface area contributed by atoms with Crippen LogP contribution in [-0.4, -0.2) is 30.2 Å². The van der Waals surface area contributed by atoms with E-state index in [1.165, 1.54) is 0 Å². The molecule has 0 aliphatic heterocycles. The van der Waals surface area contributed by atoms with E-state index in [9.17, 15) is 0 Å². The van der Waals surface area contributed by atoms with Crippen molar-refractivity contribution in [1.82, 2.24) is 20.4 Å². The first-order valence-corrected chi connectivity index (χ1v) is 4.62. The third-order valence-corrected chi connectivity index (χ3v) is 0.812. The van der Waals surface area contributed by atoms with Gasteiger partial charge < -0.3 is 0 Å². The monoisotopic (exact) mass is 297 g/mol. The Balaban J connectivity index is 0. The van der Waals surface area contributed by atoms with Crippen LogP contribution in [0.1, 0.15) is 0 Å². The molecular formula is C6H11BrN4O3P+. The van der Waals surface area contributed by atoms with E-state index in [2.05, 4.69) is 20.4 Å². The highest BCUT2D eigenvalue weighted by molar-refractivity contribution is 8.93. The average molecular weight is 298 g/mol. The number of rotatable bonds is 0. The lowest BCUT2D eigenvalue weighted by Crippen LogP contribution is -1.53. The zero-order valence-corrected chi connectivity index (χ0v) is 10.1. The lowest BCUT2D eigenvalue weighted by Gasteiger charge is -1.49. The summed E-state index contributed by atoms with van der Waals surface area (Å²) in [5.41, 5.74) is 0. The number of halogens is 1. The molecule has 0 atom stereocenters. The molecule has 0 aliphatic rings. The first kappa shape index (κ1) is 16.4. The Morgan fingerprint density at radius 2 is 1.33 bits per heavy atom. The molecule has 0 spiro atoms. The molecule has 0 saturated heterocycles. The summed E-state index contributed by atoms with van der Waals surface area (Å²) in [5.74, 6) is 0. The van der Waals surface area contributed by atoms with Gasteiger partial charge in [-0.15, -0.1) is 26.8 Å². The van der Waals surface area contributed by atoms with Gasteiger partial charge in [0, 0.05) is 29.4 Å². The maximum Gasteiger partial charge on any atom is 0.692 e. The van der Waals surface area contributed by atoms with Crippen molar-refractivity contribution in [2.75, 3.05) is 0 Å². The van der Waals surface area contributed by atoms with Crippen molar-refractivity contribution in [3.05, 3.63) is 36.9 Å². The predicted molar refractivity (Wildman–Crippen MR) is 59.5 cm³/mol. The molecule has 0 fully saturated rings. The summed E-state index contributed by atoms with van der Waals surface area (Å²) in [6.07, 6.45) is 6.92. The molecule has 7 nitrogen and oxygen atoms in total. The van der Waals surface area contributed by atoms with Gasteiger partial charge in [-0.1, -0.05) is 0 Å². The molecule has 0 aliphatic carbocycles. The van der Waals surface area contributed by atoms with E-state index in [1.807, 2.05) is 12.1 Å². The van der Waals surface area contributed by atoms with E-state index < -0.39 is 8.25 Å². The Morgan fingerprint density at radius 1 is 1.00 bits per heavy atom. The molecule has 0 aromatic carbocycles. The SMILES string of the molecule is Br.O=[P+](O)O.c1cn[nH]c1.c1cn[nH]c1. The molecule has 0 saturated carbocycles. The molecule has 84 valence electrons. The Kier molecular flexibility index (Phi) is 14.1. The molecule has 0 amide bonds. The van der Waals surface area contributed by atoms with Crippen LogP contribution in [0.15, 0.2) is 36.9 Å². The second-order valence-corrected chi connectivity index (χ2v) is 2.29. The maximum absolute atomic E-state index is 8.70. The van der Waals surface area contributed by atoms with E-state index in [0.29, 0.717) is 0 Å². The van der Waals surface area contributed by atoms with Crippen molar-refractivity contribution in [2.45, 2.75) is 0 Å².